The van der Waals surface area contributed by atoms with Gasteiger partial charge in [0.1, 0.15) is 0 Å². The van der Waals surface area contributed by atoms with E-state index in [4.69, 9.17) is 11.6 Å². The van der Waals surface area contributed by atoms with E-state index in [1.165, 1.54) is 15.6 Å². The number of aldehydes is 1. The van der Waals surface area contributed by atoms with Crippen LogP contribution in [0.5, 0.6) is 0 Å². The zero-order valence-electron chi connectivity index (χ0n) is 16.7. The maximum absolute atomic E-state index is 11.4. The van der Waals surface area contributed by atoms with Crippen LogP contribution in [0.2, 0.25) is 5.02 Å². The van der Waals surface area contributed by atoms with Crippen LogP contribution in [0.25, 0.3) is 5.69 Å². The predicted octanol–water partition coefficient (Wildman–Crippen LogP) is 4.30. The van der Waals surface area contributed by atoms with Gasteiger partial charge < -0.3 is 5.32 Å². The monoisotopic (exact) mass is 430 g/mol. The molecule has 0 fully saturated rings. The number of aromatic nitrogens is 2. The van der Waals surface area contributed by atoms with E-state index < -0.39 is 0 Å². The minimum absolute atomic E-state index is 0.106. The van der Waals surface area contributed by atoms with Crippen LogP contribution < -0.4 is 10.7 Å². The fourth-order valence-electron chi connectivity index (χ4n) is 2.38. The fraction of sp³-hybridized carbons (Fsp3) is 0.190. The van der Waals surface area contributed by atoms with Crippen molar-refractivity contribution < 1.29 is 4.79 Å². The van der Waals surface area contributed by atoms with Gasteiger partial charge in [0.05, 0.1) is 5.69 Å². The van der Waals surface area contributed by atoms with E-state index >= 15 is 0 Å². The molecule has 1 aromatic heterocycles. The number of rotatable bonds is 5. The molecule has 0 saturated heterocycles. The fourth-order valence-corrected chi connectivity index (χ4v) is 3.18. The topological polar surface area (TPSA) is 67.2 Å². The molecular weight excluding hydrogens is 408 g/mol. The van der Waals surface area contributed by atoms with Gasteiger partial charge >= 0.3 is 0 Å². The minimum atomic E-state index is -0.372. The molecule has 1 N–H and O–H groups in total. The quantitative estimate of drug-likeness (QED) is 0.480. The molecule has 8 heteroatoms. The summed E-state index contributed by atoms with van der Waals surface area (Å²) in [5, 5.41) is 7.68. The summed E-state index contributed by atoms with van der Waals surface area (Å²) >= 11 is 7.51. The van der Waals surface area contributed by atoms with E-state index in [2.05, 4.69) is 39.0 Å². The zero-order chi connectivity index (χ0) is 21.4. The van der Waals surface area contributed by atoms with Crippen molar-refractivity contribution in [1.29, 1.82) is 0 Å². The summed E-state index contributed by atoms with van der Waals surface area (Å²) in [5.74, 6) is 0. The summed E-state index contributed by atoms with van der Waals surface area (Å²) in [6.07, 6.45) is 0.453. The first-order valence-corrected chi connectivity index (χ1v) is 9.94. The molecule has 152 valence electrons. The zero-order valence-corrected chi connectivity index (χ0v) is 18.3. The van der Waals surface area contributed by atoms with Crippen molar-refractivity contribution in [2.75, 3.05) is 26.5 Å². The van der Waals surface area contributed by atoms with Crippen molar-refractivity contribution in [3.8, 4) is 5.69 Å². The predicted molar refractivity (Wildman–Crippen MR) is 121 cm³/mol. The molecule has 0 spiro atoms. The molecule has 0 unspecified atom stereocenters. The van der Waals surface area contributed by atoms with Crippen LogP contribution in [0.15, 0.2) is 64.3 Å². The Morgan fingerprint density at radius 1 is 1.10 bits per heavy atom. The number of nitrogens with one attached hydrogen (secondary N) is 1. The first kappa shape index (κ1) is 22.7. The van der Waals surface area contributed by atoms with Crippen molar-refractivity contribution >= 4 is 35.5 Å². The highest BCUT2D eigenvalue weighted by atomic mass is 35.5. The maximum atomic E-state index is 11.4. The lowest BCUT2D eigenvalue weighted by Gasteiger charge is -2.09. The Bertz CT molecular complexity index is 1000. The second-order valence-electron chi connectivity index (χ2n) is 6.22. The van der Waals surface area contributed by atoms with Gasteiger partial charge in [-0.05, 0) is 81.5 Å². The molecule has 29 heavy (non-hydrogen) atoms. The summed E-state index contributed by atoms with van der Waals surface area (Å²) in [6, 6.07) is 16.7. The summed E-state index contributed by atoms with van der Waals surface area (Å²) in [4.78, 5) is 23.3. The average molecular weight is 431 g/mol. The SMILES string of the molecule is CNc1ccc(SN(C)C)cc1.Cc1cc(=O)c(C=O)nn1-c1ccc(Cl)cc1. The summed E-state index contributed by atoms with van der Waals surface area (Å²) < 4.78 is 3.61. The van der Waals surface area contributed by atoms with Crippen molar-refractivity contribution in [3.63, 3.8) is 0 Å². The van der Waals surface area contributed by atoms with Gasteiger partial charge in [0, 0.05) is 34.4 Å². The number of hydrogen-bond donors (Lipinski definition) is 1. The van der Waals surface area contributed by atoms with Crippen LogP contribution in [0.1, 0.15) is 16.2 Å². The number of nitrogens with zero attached hydrogens (tertiary/aromatic N) is 3. The Balaban J connectivity index is 0.000000221. The van der Waals surface area contributed by atoms with Gasteiger partial charge in [-0.1, -0.05) is 11.6 Å². The molecule has 3 rings (SSSR count). The molecule has 0 aliphatic heterocycles. The minimum Gasteiger partial charge on any atom is -0.388 e. The van der Waals surface area contributed by atoms with E-state index in [0.717, 1.165) is 11.4 Å². The molecule has 0 saturated carbocycles. The first-order valence-electron chi connectivity index (χ1n) is 8.79. The Morgan fingerprint density at radius 3 is 2.24 bits per heavy atom. The number of hydrogen-bond acceptors (Lipinski definition) is 6. The lowest BCUT2D eigenvalue weighted by Crippen LogP contribution is -2.18. The third kappa shape index (κ3) is 6.74. The molecule has 3 aromatic rings. The highest BCUT2D eigenvalue weighted by Crippen LogP contribution is 2.21. The Labute approximate surface area is 179 Å². The Morgan fingerprint density at radius 2 is 1.72 bits per heavy atom. The molecular formula is C21H23ClN4O2S. The van der Waals surface area contributed by atoms with Gasteiger partial charge in [-0.2, -0.15) is 5.10 Å². The molecule has 0 radical (unpaired) electrons. The van der Waals surface area contributed by atoms with Crippen LogP contribution in [-0.2, 0) is 0 Å². The van der Waals surface area contributed by atoms with Crippen molar-refractivity contribution in [3.05, 3.63) is 81.2 Å². The second kappa shape index (κ2) is 10.8. The van der Waals surface area contributed by atoms with Gasteiger partial charge in [0.15, 0.2) is 12.0 Å². The molecule has 0 atom stereocenters. The molecule has 0 bridgehead atoms. The van der Waals surface area contributed by atoms with Gasteiger partial charge in [-0.15, -0.1) is 0 Å². The van der Waals surface area contributed by atoms with Crippen molar-refractivity contribution in [2.24, 2.45) is 0 Å². The number of benzene rings is 2. The van der Waals surface area contributed by atoms with Crippen LogP contribution in [0.3, 0.4) is 0 Å². The standard InChI is InChI=1S/C12H9ClN2O2.C9H14N2S/c1-8-6-12(17)11(7-16)14-15(8)10-4-2-9(13)3-5-10;1-10-8-4-6-9(7-5-8)12-11(2)3/h2-7H,1H3;4-7,10H,1-3H3. The molecule has 0 aliphatic carbocycles. The van der Waals surface area contributed by atoms with Crippen LogP contribution >= 0.6 is 23.5 Å². The highest BCUT2D eigenvalue weighted by Gasteiger charge is 2.06. The lowest BCUT2D eigenvalue weighted by atomic mass is 10.3. The molecule has 0 aliphatic rings. The smallest absolute Gasteiger partial charge is 0.211 e. The Hall–Kier alpha value is -2.61. The molecule has 6 nitrogen and oxygen atoms in total. The van der Waals surface area contributed by atoms with E-state index in [9.17, 15) is 9.59 Å². The maximum Gasteiger partial charge on any atom is 0.211 e. The van der Waals surface area contributed by atoms with Crippen LogP contribution in [-0.4, -0.2) is 41.5 Å². The van der Waals surface area contributed by atoms with Crippen LogP contribution in [0.4, 0.5) is 5.69 Å². The first-order chi connectivity index (χ1) is 13.8. The second-order valence-corrected chi connectivity index (χ2v) is 8.04. The molecule has 2 aromatic carbocycles. The van der Waals surface area contributed by atoms with Gasteiger partial charge in [-0.3, -0.25) is 13.9 Å². The summed E-state index contributed by atoms with van der Waals surface area (Å²) in [5.41, 5.74) is 2.07. The summed E-state index contributed by atoms with van der Waals surface area (Å²) in [6.45, 7) is 1.75. The number of aryl methyl sites for hydroxylation is 1. The summed E-state index contributed by atoms with van der Waals surface area (Å²) in [7, 11) is 6.00. The Kier molecular flexibility index (Phi) is 8.45. The number of carbonyl (C=O) groups is 1. The number of carbonyl (C=O) groups excluding carboxylic acids is 1. The lowest BCUT2D eigenvalue weighted by molar-refractivity contribution is 0.111. The third-order valence-electron chi connectivity index (χ3n) is 3.75. The third-order valence-corrected chi connectivity index (χ3v) is 4.85. The van der Waals surface area contributed by atoms with Crippen molar-refractivity contribution in [1.82, 2.24) is 14.1 Å². The van der Waals surface area contributed by atoms with E-state index in [1.807, 2.05) is 21.1 Å². The highest BCUT2D eigenvalue weighted by molar-refractivity contribution is 7.97. The van der Waals surface area contributed by atoms with Crippen LogP contribution in [0, 0.1) is 6.92 Å². The normalized spacial score (nSPS) is 10.3. The van der Waals surface area contributed by atoms with E-state index in [1.54, 1.807) is 43.1 Å². The average Bonchev–Trinajstić information content (AvgIpc) is 2.70. The molecule has 0 amide bonds. The van der Waals surface area contributed by atoms with Gasteiger partial charge in [0.2, 0.25) is 5.43 Å². The molecule has 1 heterocycles. The van der Waals surface area contributed by atoms with Gasteiger partial charge in [0.25, 0.3) is 0 Å². The largest absolute Gasteiger partial charge is 0.388 e. The van der Waals surface area contributed by atoms with Gasteiger partial charge in [-0.25, -0.2) is 4.68 Å². The number of halogens is 1. The van der Waals surface area contributed by atoms with Crippen molar-refractivity contribution in [2.45, 2.75) is 11.8 Å². The van der Waals surface area contributed by atoms with E-state index in [-0.39, 0.29) is 11.1 Å². The van der Waals surface area contributed by atoms with E-state index in [0.29, 0.717) is 17.0 Å². The number of anilines is 1.